The van der Waals surface area contributed by atoms with Gasteiger partial charge in [-0.25, -0.2) is 0 Å². The number of Topliss-reactive ketones (excluding diaryl/α,β-unsaturated/α-hetero) is 1. The summed E-state index contributed by atoms with van der Waals surface area (Å²) in [5.74, 6) is 0.0460. The second-order valence-electron chi connectivity index (χ2n) is 3.18. The maximum absolute atomic E-state index is 11.1. The van der Waals surface area contributed by atoms with Gasteiger partial charge in [-0.15, -0.1) is 0 Å². The van der Waals surface area contributed by atoms with Crippen LogP contribution in [0.15, 0.2) is 0 Å². The Hall–Kier alpha value is 0.110. The topological polar surface area (TPSA) is 37.3 Å². The molecule has 0 aromatic rings. The lowest BCUT2D eigenvalue weighted by Crippen LogP contribution is -2.44. The molecule has 64 valence electrons. The number of alkyl halides is 1. The lowest BCUT2D eigenvalue weighted by atomic mass is 9.84. The molecule has 1 rings (SSSR count). The molecular formula is C8H13BrO2. The summed E-state index contributed by atoms with van der Waals surface area (Å²) < 4.78 is -0.634. The molecule has 1 aliphatic rings. The average molecular weight is 221 g/mol. The van der Waals surface area contributed by atoms with Crippen LogP contribution in [0.2, 0.25) is 0 Å². The summed E-state index contributed by atoms with van der Waals surface area (Å²) in [5, 5.41) is 9.53. The Balaban J connectivity index is 2.72. The van der Waals surface area contributed by atoms with E-state index >= 15 is 0 Å². The first kappa shape index (κ1) is 9.20. The molecule has 1 aliphatic carbocycles. The molecule has 0 heterocycles. The fourth-order valence-corrected chi connectivity index (χ4v) is 2.04. The highest BCUT2D eigenvalue weighted by atomic mass is 79.9. The summed E-state index contributed by atoms with van der Waals surface area (Å²) in [6.07, 6.45) is 3.08. The molecular weight excluding hydrogens is 208 g/mol. The van der Waals surface area contributed by atoms with Gasteiger partial charge in [-0.05, 0) is 19.8 Å². The summed E-state index contributed by atoms with van der Waals surface area (Å²) in [6, 6.07) is 0. The molecule has 0 radical (unpaired) electrons. The van der Waals surface area contributed by atoms with Crippen LogP contribution in [-0.4, -0.2) is 21.3 Å². The van der Waals surface area contributed by atoms with Crippen LogP contribution < -0.4 is 0 Å². The normalized spacial score (nSPS) is 38.6. The first-order chi connectivity index (χ1) is 5.07. The van der Waals surface area contributed by atoms with Gasteiger partial charge in [0.05, 0.1) is 6.10 Å². The Kier molecular flexibility index (Phi) is 2.70. The van der Waals surface area contributed by atoms with Crippen LogP contribution in [0.25, 0.3) is 0 Å². The molecule has 2 nitrogen and oxygen atoms in total. The Morgan fingerprint density at radius 3 is 2.64 bits per heavy atom. The standard InChI is InChI=1S/C8H13BrO2/c1-6(10)8(9)5-3-2-4-7(8)11/h7,11H,2-5H2,1H3/t7-,8?/m1/s1. The number of ketones is 1. The Labute approximate surface area is 75.1 Å². The zero-order valence-electron chi connectivity index (χ0n) is 6.64. The molecule has 1 fully saturated rings. The molecule has 0 saturated heterocycles. The van der Waals surface area contributed by atoms with Crippen molar-refractivity contribution in [2.45, 2.75) is 43.0 Å². The van der Waals surface area contributed by atoms with E-state index in [1.807, 2.05) is 0 Å². The van der Waals surface area contributed by atoms with E-state index in [0.717, 1.165) is 25.7 Å². The second-order valence-corrected chi connectivity index (χ2v) is 4.60. The minimum atomic E-state index is -0.634. The van der Waals surface area contributed by atoms with Gasteiger partial charge in [0.1, 0.15) is 10.1 Å². The third-order valence-electron chi connectivity index (χ3n) is 2.38. The van der Waals surface area contributed by atoms with Crippen molar-refractivity contribution in [3.8, 4) is 0 Å². The molecule has 0 amide bonds. The van der Waals surface area contributed by atoms with E-state index in [1.54, 1.807) is 0 Å². The van der Waals surface area contributed by atoms with Crippen molar-refractivity contribution in [1.82, 2.24) is 0 Å². The molecule has 0 bridgehead atoms. The van der Waals surface area contributed by atoms with E-state index in [0.29, 0.717) is 0 Å². The van der Waals surface area contributed by atoms with Crippen molar-refractivity contribution in [3.05, 3.63) is 0 Å². The molecule has 3 heteroatoms. The van der Waals surface area contributed by atoms with Crippen LogP contribution >= 0.6 is 15.9 Å². The van der Waals surface area contributed by atoms with Crippen molar-refractivity contribution >= 4 is 21.7 Å². The zero-order valence-corrected chi connectivity index (χ0v) is 8.23. The number of carbonyl (C=O) groups excluding carboxylic acids is 1. The van der Waals surface area contributed by atoms with Crippen LogP contribution in [0.5, 0.6) is 0 Å². The van der Waals surface area contributed by atoms with E-state index in [1.165, 1.54) is 6.92 Å². The predicted molar refractivity (Wildman–Crippen MR) is 46.8 cm³/mol. The molecule has 0 aromatic heterocycles. The van der Waals surface area contributed by atoms with Gasteiger partial charge in [0.2, 0.25) is 0 Å². The smallest absolute Gasteiger partial charge is 0.149 e. The van der Waals surface area contributed by atoms with Gasteiger partial charge in [-0.2, -0.15) is 0 Å². The average Bonchev–Trinajstić information content (AvgIpc) is 1.95. The van der Waals surface area contributed by atoms with Crippen molar-refractivity contribution < 1.29 is 9.90 Å². The lowest BCUT2D eigenvalue weighted by molar-refractivity contribution is -0.122. The van der Waals surface area contributed by atoms with Gasteiger partial charge in [0.25, 0.3) is 0 Å². The van der Waals surface area contributed by atoms with Crippen molar-refractivity contribution in [2.75, 3.05) is 0 Å². The van der Waals surface area contributed by atoms with Crippen LogP contribution in [0, 0.1) is 0 Å². The number of carbonyl (C=O) groups is 1. The van der Waals surface area contributed by atoms with Gasteiger partial charge in [0.15, 0.2) is 0 Å². The SMILES string of the molecule is CC(=O)C1(Br)CCCC[C@H]1O. The maximum Gasteiger partial charge on any atom is 0.149 e. The second kappa shape index (κ2) is 3.23. The van der Waals surface area contributed by atoms with E-state index in [-0.39, 0.29) is 5.78 Å². The number of rotatable bonds is 1. The fraction of sp³-hybridized carbons (Fsp3) is 0.875. The minimum absolute atomic E-state index is 0.0460. The first-order valence-electron chi connectivity index (χ1n) is 3.95. The highest BCUT2D eigenvalue weighted by molar-refractivity contribution is 9.10. The summed E-state index contributed by atoms with van der Waals surface area (Å²) in [5.41, 5.74) is 0. The summed E-state index contributed by atoms with van der Waals surface area (Å²) in [7, 11) is 0. The molecule has 0 aliphatic heterocycles. The molecule has 1 saturated carbocycles. The maximum atomic E-state index is 11.1. The highest BCUT2D eigenvalue weighted by Gasteiger charge is 2.41. The molecule has 0 aromatic carbocycles. The zero-order chi connectivity index (χ0) is 8.48. The van der Waals surface area contributed by atoms with Gasteiger partial charge in [-0.1, -0.05) is 28.8 Å². The molecule has 2 atom stereocenters. The van der Waals surface area contributed by atoms with Crippen molar-refractivity contribution in [1.29, 1.82) is 0 Å². The number of hydrogen-bond acceptors (Lipinski definition) is 2. The van der Waals surface area contributed by atoms with Gasteiger partial charge in [-0.3, -0.25) is 4.79 Å². The minimum Gasteiger partial charge on any atom is -0.391 e. The van der Waals surface area contributed by atoms with E-state index < -0.39 is 10.4 Å². The Bertz CT molecular complexity index is 169. The lowest BCUT2D eigenvalue weighted by Gasteiger charge is -2.34. The predicted octanol–water partition coefficient (Wildman–Crippen LogP) is 1.64. The van der Waals surface area contributed by atoms with Crippen LogP contribution in [0.3, 0.4) is 0 Å². The van der Waals surface area contributed by atoms with E-state index in [4.69, 9.17) is 0 Å². The van der Waals surface area contributed by atoms with Crippen LogP contribution in [0.1, 0.15) is 32.6 Å². The third-order valence-corrected chi connectivity index (χ3v) is 3.86. The Morgan fingerprint density at radius 1 is 1.64 bits per heavy atom. The van der Waals surface area contributed by atoms with Crippen LogP contribution in [-0.2, 0) is 4.79 Å². The van der Waals surface area contributed by atoms with Gasteiger partial charge in [0, 0.05) is 0 Å². The monoisotopic (exact) mass is 220 g/mol. The molecule has 0 spiro atoms. The van der Waals surface area contributed by atoms with Gasteiger partial charge >= 0.3 is 0 Å². The van der Waals surface area contributed by atoms with Crippen LogP contribution in [0.4, 0.5) is 0 Å². The van der Waals surface area contributed by atoms with Crippen molar-refractivity contribution in [2.24, 2.45) is 0 Å². The third kappa shape index (κ3) is 1.64. The summed E-state index contributed by atoms with van der Waals surface area (Å²) in [6.45, 7) is 1.53. The number of aliphatic hydroxyl groups is 1. The molecule has 11 heavy (non-hydrogen) atoms. The molecule has 1 unspecified atom stereocenters. The Morgan fingerprint density at radius 2 is 2.27 bits per heavy atom. The van der Waals surface area contributed by atoms with Gasteiger partial charge < -0.3 is 5.11 Å². The largest absolute Gasteiger partial charge is 0.391 e. The first-order valence-corrected chi connectivity index (χ1v) is 4.74. The highest BCUT2D eigenvalue weighted by Crippen LogP contribution is 2.36. The number of hydrogen-bond donors (Lipinski definition) is 1. The van der Waals surface area contributed by atoms with E-state index in [2.05, 4.69) is 15.9 Å². The van der Waals surface area contributed by atoms with E-state index in [9.17, 15) is 9.90 Å². The number of halogens is 1. The quantitative estimate of drug-likeness (QED) is 0.683. The molecule has 1 N–H and O–H groups in total. The fourth-order valence-electron chi connectivity index (χ4n) is 1.53. The number of aliphatic hydroxyl groups excluding tert-OH is 1. The van der Waals surface area contributed by atoms with Crippen molar-refractivity contribution in [3.63, 3.8) is 0 Å². The summed E-state index contributed by atoms with van der Waals surface area (Å²) >= 11 is 3.33. The summed E-state index contributed by atoms with van der Waals surface area (Å²) in [4.78, 5) is 11.1.